The van der Waals surface area contributed by atoms with Gasteiger partial charge in [0.15, 0.2) is 47.2 Å². The first-order valence-electron chi connectivity index (χ1n) is 12.1. The summed E-state index contributed by atoms with van der Waals surface area (Å²) >= 11 is 0. The molecule has 18 nitrogen and oxygen atoms in total. The number of nitrogen functional groups attached to an aromatic ring is 1. The molecule has 20 heteroatoms. The van der Waals surface area contributed by atoms with Crippen LogP contribution in [0.1, 0.15) is 18.9 Å². The minimum Gasteiger partial charge on any atom is -0.388 e. The van der Waals surface area contributed by atoms with Crippen molar-refractivity contribution >= 4 is 45.3 Å². The predicted octanol–water partition coefficient (Wildman–Crippen LogP) is -0.363. The van der Waals surface area contributed by atoms with E-state index in [1.165, 1.54) is 28.1 Å². The number of aliphatic hydroxyl groups is 1. The number of aliphatic hydroxyl groups excluding tert-OH is 1. The summed E-state index contributed by atoms with van der Waals surface area (Å²) < 4.78 is 45.2. The molecule has 210 valence electrons. The van der Waals surface area contributed by atoms with Gasteiger partial charge in [0, 0.05) is 25.7 Å². The normalized spacial score (nSPS) is 32.8. The highest BCUT2D eigenvalue weighted by Gasteiger charge is 2.49. The third kappa shape index (κ3) is 4.33. The molecule has 3 aliphatic heterocycles. The first-order chi connectivity index (χ1) is 19.4. The zero-order valence-electron chi connectivity index (χ0n) is 20.3. The number of aromatic nitrogens is 8. The SMILES string of the molecule is Nc1nc2c(ncn2[C@@H]2OC3C[C@H]2O[P+](=O)OC[C@H]2O[C@@H](n4cnc5c(=O)[nH]cnc54)[C@H](O)[C@@H]2CPO3)c(=O)[nH]1. The summed E-state index contributed by atoms with van der Waals surface area (Å²) in [5.74, 6) is -0.575. The molecule has 3 saturated heterocycles. The second-order valence-corrected chi connectivity index (χ2v) is 11.2. The van der Waals surface area contributed by atoms with E-state index in [2.05, 4.69) is 29.9 Å². The van der Waals surface area contributed by atoms with Gasteiger partial charge in [-0.05, 0) is 6.16 Å². The second-order valence-electron chi connectivity index (χ2n) is 9.37. The fourth-order valence-corrected chi connectivity index (χ4v) is 7.02. The molecule has 2 bridgehead atoms. The average Bonchev–Trinajstić information content (AvgIpc) is 3.68. The number of anilines is 1. The minimum atomic E-state index is -2.66. The van der Waals surface area contributed by atoms with Crippen molar-refractivity contribution in [1.82, 2.24) is 39.0 Å². The molecule has 0 aromatic carbocycles. The van der Waals surface area contributed by atoms with E-state index < -0.39 is 62.3 Å². The van der Waals surface area contributed by atoms with E-state index in [9.17, 15) is 19.3 Å². The number of rotatable bonds is 2. The zero-order valence-corrected chi connectivity index (χ0v) is 22.2. The molecule has 3 aliphatic rings. The number of nitrogens with two attached hydrogens (primary N) is 1. The Balaban J connectivity index is 1.12. The van der Waals surface area contributed by atoms with Crippen LogP contribution in [0.15, 0.2) is 28.6 Å². The zero-order chi connectivity index (χ0) is 27.5. The molecule has 3 fully saturated rings. The third-order valence-electron chi connectivity index (χ3n) is 7.02. The largest absolute Gasteiger partial charge is 0.697 e. The van der Waals surface area contributed by atoms with E-state index in [1.54, 1.807) is 0 Å². The van der Waals surface area contributed by atoms with Crippen LogP contribution in [0.25, 0.3) is 22.3 Å². The van der Waals surface area contributed by atoms with Crippen LogP contribution in [-0.4, -0.2) is 81.5 Å². The van der Waals surface area contributed by atoms with Crippen LogP contribution in [0.5, 0.6) is 0 Å². The summed E-state index contributed by atoms with van der Waals surface area (Å²) in [6.07, 6.45) is -0.500. The number of nitrogens with zero attached hydrogens (tertiary/aromatic N) is 6. The summed E-state index contributed by atoms with van der Waals surface area (Å²) in [5.41, 5.74) is 5.37. The van der Waals surface area contributed by atoms with Crippen LogP contribution < -0.4 is 16.9 Å². The number of H-pyrrole nitrogens is 2. The minimum absolute atomic E-state index is 0.0559. The molecule has 0 aliphatic carbocycles. The summed E-state index contributed by atoms with van der Waals surface area (Å²) in [6, 6.07) is 0. The number of hydrogen-bond donors (Lipinski definition) is 4. The highest BCUT2D eigenvalue weighted by Crippen LogP contribution is 2.45. The van der Waals surface area contributed by atoms with E-state index >= 15 is 0 Å². The molecule has 4 aromatic rings. The lowest BCUT2D eigenvalue weighted by Gasteiger charge is -2.20. The van der Waals surface area contributed by atoms with E-state index in [0.717, 1.165) is 0 Å². The van der Waals surface area contributed by atoms with Crippen molar-refractivity contribution < 1.29 is 32.7 Å². The van der Waals surface area contributed by atoms with Crippen molar-refractivity contribution in [3.8, 4) is 0 Å². The standard InChI is InChI=1S/C20H21N9O9P2/c21-20-26-15-12(17(32)27-20)25-6-29(15)18-8-1-10(36-18)37-39-3-7-9(2-34-40(33)38-8)35-19(13(7)30)28-5-24-11-14(28)22-4-23-16(11)31/h4-10,13,18-19,30,39H,1-3H2,(H3-,21,22,23,26,27,31,32)/p+1/t7-,8-,9-,10?,13-,18-,19-/m1/s1. The lowest BCUT2D eigenvalue weighted by atomic mass is 10.0. The Labute approximate surface area is 225 Å². The Kier molecular flexibility index (Phi) is 6.44. The quantitative estimate of drug-likeness (QED) is 0.217. The Morgan fingerprint density at radius 2 is 1.82 bits per heavy atom. The van der Waals surface area contributed by atoms with Gasteiger partial charge in [-0.2, -0.15) is 4.98 Å². The number of nitrogens with one attached hydrogen (secondary N) is 2. The van der Waals surface area contributed by atoms with E-state index in [1.807, 2.05) is 0 Å². The van der Waals surface area contributed by atoms with Gasteiger partial charge in [0.1, 0.15) is 12.7 Å². The molecule has 0 radical (unpaired) electrons. The van der Waals surface area contributed by atoms with E-state index in [0.29, 0.717) is 6.16 Å². The summed E-state index contributed by atoms with van der Waals surface area (Å²) in [7, 11) is -2.77. The van der Waals surface area contributed by atoms with Crippen molar-refractivity contribution in [2.45, 2.75) is 43.5 Å². The van der Waals surface area contributed by atoms with E-state index in [-0.39, 0.29) is 50.1 Å². The molecule has 40 heavy (non-hydrogen) atoms. The van der Waals surface area contributed by atoms with Gasteiger partial charge in [-0.1, -0.05) is 0 Å². The fourth-order valence-electron chi connectivity index (χ4n) is 5.15. The molecule has 7 rings (SSSR count). The van der Waals surface area contributed by atoms with Crippen LogP contribution >= 0.6 is 17.1 Å². The molecule has 3 unspecified atom stereocenters. The molecular weight excluding hydrogens is 572 g/mol. The Morgan fingerprint density at radius 1 is 1.05 bits per heavy atom. The van der Waals surface area contributed by atoms with Crippen molar-refractivity contribution in [1.29, 1.82) is 0 Å². The van der Waals surface area contributed by atoms with Crippen molar-refractivity contribution in [3.05, 3.63) is 39.7 Å². The van der Waals surface area contributed by atoms with Gasteiger partial charge >= 0.3 is 8.25 Å². The average molecular weight is 594 g/mol. The second kappa shape index (κ2) is 10.0. The third-order valence-corrected chi connectivity index (χ3v) is 8.89. The van der Waals surface area contributed by atoms with Gasteiger partial charge < -0.3 is 29.8 Å². The maximum absolute atomic E-state index is 12.9. The van der Waals surface area contributed by atoms with Gasteiger partial charge in [0.2, 0.25) is 5.95 Å². The van der Waals surface area contributed by atoms with Crippen LogP contribution in [0.4, 0.5) is 5.95 Å². The molecule has 0 amide bonds. The molecule has 4 aromatic heterocycles. The van der Waals surface area contributed by atoms with Gasteiger partial charge in [0.25, 0.3) is 11.1 Å². The van der Waals surface area contributed by atoms with Crippen LogP contribution in [-0.2, 0) is 27.6 Å². The van der Waals surface area contributed by atoms with Crippen molar-refractivity contribution in [3.63, 3.8) is 0 Å². The number of imidazole rings is 2. The van der Waals surface area contributed by atoms with Crippen LogP contribution in [0, 0.1) is 5.92 Å². The van der Waals surface area contributed by atoms with Crippen LogP contribution in [0.3, 0.4) is 0 Å². The van der Waals surface area contributed by atoms with Crippen molar-refractivity contribution in [2.75, 3.05) is 18.5 Å². The fraction of sp³-hybridized carbons (Fsp3) is 0.500. The van der Waals surface area contributed by atoms with Crippen molar-refractivity contribution in [2.24, 2.45) is 5.92 Å². The molecule has 0 saturated carbocycles. The molecule has 5 N–H and O–H groups in total. The number of fused-ring (bicyclic) bond motifs is 5. The molecule has 9 atom stereocenters. The summed E-state index contributed by atoms with van der Waals surface area (Å²) in [5, 5.41) is 11.2. The molecule has 7 heterocycles. The van der Waals surface area contributed by atoms with Crippen LogP contribution in [0.2, 0.25) is 0 Å². The summed E-state index contributed by atoms with van der Waals surface area (Å²) in [4.78, 5) is 45.6. The monoisotopic (exact) mass is 594 g/mol. The maximum Gasteiger partial charge on any atom is 0.697 e. The maximum atomic E-state index is 12.9. The molecular formula is C20H22N9O9P2+. The van der Waals surface area contributed by atoms with Gasteiger partial charge in [-0.3, -0.25) is 23.7 Å². The van der Waals surface area contributed by atoms with E-state index in [4.69, 9.17) is 28.8 Å². The van der Waals surface area contributed by atoms with Gasteiger partial charge in [0.05, 0.1) is 25.1 Å². The molecule has 0 spiro atoms. The lowest BCUT2D eigenvalue weighted by Crippen LogP contribution is -2.30. The Morgan fingerprint density at radius 3 is 2.65 bits per heavy atom. The number of hydrogen-bond acceptors (Lipinski definition) is 14. The first-order valence-corrected chi connectivity index (χ1v) is 14.4. The first kappa shape index (κ1) is 25.7. The smallest absolute Gasteiger partial charge is 0.388 e. The highest BCUT2D eigenvalue weighted by molar-refractivity contribution is 7.33. The van der Waals surface area contributed by atoms with Gasteiger partial charge in [-0.25, -0.2) is 15.0 Å². The Bertz CT molecular complexity index is 1720. The number of ether oxygens (including phenoxy) is 2. The topological polar surface area (TPSA) is 237 Å². The summed E-state index contributed by atoms with van der Waals surface area (Å²) in [6.45, 7) is -0.151. The highest BCUT2D eigenvalue weighted by atomic mass is 31.1. The predicted molar refractivity (Wildman–Crippen MR) is 135 cm³/mol. The lowest BCUT2D eigenvalue weighted by molar-refractivity contribution is -0.0993. The van der Waals surface area contributed by atoms with Gasteiger partial charge in [-0.15, -0.1) is 9.05 Å². The Hall–Kier alpha value is -3.21. The number of aromatic amines is 2.